The lowest BCUT2D eigenvalue weighted by atomic mass is 10.2. The normalized spacial score (nSPS) is 15.6. The molecule has 7 nitrogen and oxygen atoms in total. The molecule has 1 saturated heterocycles. The van der Waals surface area contributed by atoms with Gasteiger partial charge in [0.1, 0.15) is 5.82 Å². The lowest BCUT2D eigenvalue weighted by Crippen LogP contribution is -2.40. The summed E-state index contributed by atoms with van der Waals surface area (Å²) in [5.74, 6) is -1.30. The zero-order valence-electron chi connectivity index (χ0n) is 14.1. The molecule has 0 radical (unpaired) electrons. The topological polar surface area (TPSA) is 93.5 Å². The summed E-state index contributed by atoms with van der Waals surface area (Å²) in [5, 5.41) is 10.7. The van der Waals surface area contributed by atoms with Gasteiger partial charge >= 0.3 is 0 Å². The van der Waals surface area contributed by atoms with Gasteiger partial charge in [-0.15, -0.1) is 0 Å². The second-order valence-electron chi connectivity index (χ2n) is 5.54. The summed E-state index contributed by atoms with van der Waals surface area (Å²) >= 11 is 0.736. The molecule has 0 unspecified atom stereocenters. The number of nitrogens with one attached hydrogen (secondary N) is 1. The van der Waals surface area contributed by atoms with Crippen LogP contribution >= 0.6 is 11.8 Å². The number of rotatable bonds is 7. The van der Waals surface area contributed by atoms with Crippen LogP contribution < -0.4 is 5.32 Å². The van der Waals surface area contributed by atoms with E-state index in [1.54, 1.807) is 13.1 Å². The van der Waals surface area contributed by atoms with E-state index in [-0.39, 0.29) is 42.6 Å². The third-order valence-electron chi connectivity index (χ3n) is 3.48. The van der Waals surface area contributed by atoms with Crippen molar-refractivity contribution < 1.29 is 18.8 Å². The highest BCUT2D eigenvalue weighted by molar-refractivity contribution is 8.18. The van der Waals surface area contributed by atoms with E-state index in [4.69, 9.17) is 5.26 Å². The van der Waals surface area contributed by atoms with Gasteiger partial charge in [0.05, 0.1) is 24.1 Å². The minimum absolute atomic E-state index is 0.0208. The molecule has 1 N–H and O–H groups in total. The Balaban J connectivity index is 1.90. The molecule has 1 aromatic rings. The van der Waals surface area contributed by atoms with Crippen molar-refractivity contribution in [3.8, 4) is 6.07 Å². The third-order valence-corrected chi connectivity index (χ3v) is 4.38. The maximum Gasteiger partial charge on any atom is 0.293 e. The molecule has 2 rings (SSSR count). The summed E-state index contributed by atoms with van der Waals surface area (Å²) in [6.45, 7) is 0.289. The van der Waals surface area contributed by atoms with E-state index in [0.717, 1.165) is 16.7 Å². The molecule has 0 aromatic heterocycles. The van der Waals surface area contributed by atoms with Crippen LogP contribution in [-0.2, 0) is 9.59 Å². The molecular formula is C17H17FN4O3S. The van der Waals surface area contributed by atoms with Crippen LogP contribution in [0.25, 0.3) is 6.08 Å². The van der Waals surface area contributed by atoms with Gasteiger partial charge in [0.25, 0.3) is 11.1 Å². The van der Waals surface area contributed by atoms with Gasteiger partial charge in [-0.1, -0.05) is 18.2 Å². The highest BCUT2D eigenvalue weighted by Crippen LogP contribution is 2.32. The Bertz CT molecular complexity index is 790. The first-order chi connectivity index (χ1) is 12.4. The van der Waals surface area contributed by atoms with Gasteiger partial charge in [-0.05, 0) is 31.0 Å². The Kier molecular flexibility index (Phi) is 6.89. The molecule has 1 aliphatic rings. The fourth-order valence-corrected chi connectivity index (χ4v) is 3.07. The third kappa shape index (κ3) is 5.15. The van der Waals surface area contributed by atoms with Gasteiger partial charge < -0.3 is 5.32 Å². The molecule has 1 fully saturated rings. The number of imide groups is 1. The van der Waals surface area contributed by atoms with Crippen molar-refractivity contribution in [1.29, 1.82) is 5.26 Å². The molecule has 0 atom stereocenters. The van der Waals surface area contributed by atoms with Gasteiger partial charge in [-0.2, -0.15) is 5.26 Å². The van der Waals surface area contributed by atoms with E-state index in [2.05, 4.69) is 5.32 Å². The maximum absolute atomic E-state index is 13.7. The minimum Gasteiger partial charge on any atom is -0.353 e. The maximum atomic E-state index is 13.7. The average Bonchev–Trinajstić information content (AvgIpc) is 2.84. The van der Waals surface area contributed by atoms with E-state index in [0.29, 0.717) is 0 Å². The fourth-order valence-electron chi connectivity index (χ4n) is 2.21. The minimum atomic E-state index is -0.515. The number of thioether (sulfide) groups is 1. The molecule has 1 aromatic carbocycles. The van der Waals surface area contributed by atoms with E-state index in [1.807, 2.05) is 6.07 Å². The van der Waals surface area contributed by atoms with Gasteiger partial charge in [-0.25, -0.2) is 4.39 Å². The number of hydrogen-bond donors (Lipinski definition) is 1. The largest absolute Gasteiger partial charge is 0.353 e. The number of halogens is 1. The Morgan fingerprint density at radius 1 is 1.42 bits per heavy atom. The van der Waals surface area contributed by atoms with Crippen molar-refractivity contribution in [2.24, 2.45) is 0 Å². The number of nitriles is 1. The molecule has 136 valence electrons. The number of hydrogen-bond acceptors (Lipinski definition) is 6. The summed E-state index contributed by atoms with van der Waals surface area (Å²) in [4.78, 5) is 38.7. The van der Waals surface area contributed by atoms with Crippen LogP contribution in [0.4, 0.5) is 9.18 Å². The smallest absolute Gasteiger partial charge is 0.293 e. The summed E-state index contributed by atoms with van der Waals surface area (Å²) in [5.41, 5.74) is 0.229. The van der Waals surface area contributed by atoms with E-state index in [1.165, 1.54) is 29.2 Å². The predicted molar refractivity (Wildman–Crippen MR) is 95.2 cm³/mol. The number of amides is 3. The van der Waals surface area contributed by atoms with Crippen LogP contribution in [0.5, 0.6) is 0 Å². The van der Waals surface area contributed by atoms with Crippen molar-refractivity contribution in [2.75, 3.05) is 33.2 Å². The molecule has 3 amide bonds. The quantitative estimate of drug-likeness (QED) is 0.572. The number of benzene rings is 1. The summed E-state index contributed by atoms with van der Waals surface area (Å²) in [7, 11) is 1.63. The summed E-state index contributed by atoms with van der Waals surface area (Å²) in [6, 6.07) is 7.89. The first-order valence-corrected chi connectivity index (χ1v) is 8.56. The number of nitrogens with zero attached hydrogens (tertiary/aromatic N) is 3. The molecular weight excluding hydrogens is 359 g/mol. The van der Waals surface area contributed by atoms with Crippen LogP contribution in [0, 0.1) is 17.1 Å². The van der Waals surface area contributed by atoms with Crippen molar-refractivity contribution in [3.63, 3.8) is 0 Å². The van der Waals surface area contributed by atoms with E-state index in [9.17, 15) is 18.8 Å². The zero-order chi connectivity index (χ0) is 19.1. The molecule has 1 aliphatic heterocycles. The van der Waals surface area contributed by atoms with Crippen molar-refractivity contribution in [2.45, 2.75) is 0 Å². The number of likely N-dealkylation sites (N-methyl/N-ethyl adjacent to an activating group) is 1. The van der Waals surface area contributed by atoms with Gasteiger partial charge in [0.15, 0.2) is 0 Å². The van der Waals surface area contributed by atoms with Crippen LogP contribution in [0.2, 0.25) is 0 Å². The predicted octanol–water partition coefficient (Wildman–Crippen LogP) is 1.43. The van der Waals surface area contributed by atoms with Crippen LogP contribution in [-0.4, -0.2) is 60.1 Å². The highest BCUT2D eigenvalue weighted by Gasteiger charge is 2.34. The monoisotopic (exact) mass is 376 g/mol. The van der Waals surface area contributed by atoms with Crippen LogP contribution in [0.1, 0.15) is 5.56 Å². The Labute approximate surface area is 154 Å². The first kappa shape index (κ1) is 19.6. The van der Waals surface area contributed by atoms with Crippen molar-refractivity contribution in [3.05, 3.63) is 40.6 Å². The van der Waals surface area contributed by atoms with Crippen LogP contribution in [0.3, 0.4) is 0 Å². The average molecular weight is 376 g/mol. The van der Waals surface area contributed by atoms with E-state index < -0.39 is 17.0 Å². The molecule has 0 spiro atoms. The van der Waals surface area contributed by atoms with E-state index >= 15 is 0 Å². The van der Waals surface area contributed by atoms with Gasteiger partial charge in [-0.3, -0.25) is 24.2 Å². The fraction of sp³-hybridized carbons (Fsp3) is 0.294. The summed E-state index contributed by atoms with van der Waals surface area (Å²) in [6.07, 6.45) is 1.34. The summed E-state index contributed by atoms with van der Waals surface area (Å²) < 4.78 is 13.7. The van der Waals surface area contributed by atoms with Crippen LogP contribution in [0.15, 0.2) is 29.2 Å². The zero-order valence-corrected chi connectivity index (χ0v) is 14.9. The number of carbonyl (C=O) groups excluding carboxylic acids is 3. The second kappa shape index (κ2) is 9.12. The highest BCUT2D eigenvalue weighted by atomic mass is 32.2. The van der Waals surface area contributed by atoms with Crippen molar-refractivity contribution >= 4 is 34.9 Å². The lowest BCUT2D eigenvalue weighted by molar-refractivity contribution is -0.124. The van der Waals surface area contributed by atoms with Gasteiger partial charge in [0.2, 0.25) is 5.91 Å². The molecule has 9 heteroatoms. The lowest BCUT2D eigenvalue weighted by Gasteiger charge is -2.15. The second-order valence-corrected chi connectivity index (χ2v) is 6.53. The first-order valence-electron chi connectivity index (χ1n) is 7.74. The SMILES string of the molecule is CN(CC#N)CC(=O)NCCN1C(=O)S/C(=C\c2ccccc2F)C1=O. The number of carbonyl (C=O) groups is 3. The van der Waals surface area contributed by atoms with Crippen molar-refractivity contribution in [1.82, 2.24) is 15.1 Å². The molecule has 0 aliphatic carbocycles. The Morgan fingerprint density at radius 2 is 2.15 bits per heavy atom. The standard InChI is InChI=1S/C17H17FN4O3S/c1-21(8-6-19)11-15(23)20-7-9-22-16(24)14(26-17(22)25)10-12-4-2-3-5-13(12)18/h2-5,10H,7-9,11H2,1H3,(H,20,23)/b14-10-. The Hall–Kier alpha value is -2.70. The Morgan fingerprint density at radius 3 is 2.85 bits per heavy atom. The molecule has 0 saturated carbocycles. The molecule has 0 bridgehead atoms. The molecule has 26 heavy (non-hydrogen) atoms. The van der Waals surface area contributed by atoms with Gasteiger partial charge in [0, 0.05) is 18.7 Å². The molecule has 1 heterocycles.